The molecule has 2 aromatic carbocycles. The lowest BCUT2D eigenvalue weighted by molar-refractivity contribution is -0.121. The Morgan fingerprint density at radius 1 is 1.18 bits per heavy atom. The number of ether oxygens (including phenoxy) is 1. The van der Waals surface area contributed by atoms with Gasteiger partial charge in [0.25, 0.3) is 0 Å². The summed E-state index contributed by atoms with van der Waals surface area (Å²) in [6.45, 7) is 7.19. The van der Waals surface area contributed by atoms with Gasteiger partial charge in [0.2, 0.25) is 5.91 Å². The molecule has 3 rings (SSSR count). The van der Waals surface area contributed by atoms with E-state index in [1.54, 1.807) is 0 Å². The molecule has 28 heavy (non-hydrogen) atoms. The molecule has 1 aliphatic heterocycles. The monoisotopic (exact) mass is 380 g/mol. The van der Waals surface area contributed by atoms with E-state index < -0.39 is 0 Å². The van der Waals surface area contributed by atoms with Crippen LogP contribution in [-0.2, 0) is 4.79 Å². The van der Waals surface area contributed by atoms with Crippen LogP contribution in [-0.4, -0.2) is 25.6 Å². The molecule has 150 valence electrons. The number of amides is 1. The van der Waals surface area contributed by atoms with Gasteiger partial charge in [-0.2, -0.15) is 0 Å². The molecule has 1 amide bonds. The first kappa shape index (κ1) is 20.2. The molecule has 2 atom stereocenters. The van der Waals surface area contributed by atoms with E-state index in [4.69, 9.17) is 4.74 Å². The minimum atomic E-state index is 0.0110. The molecule has 1 saturated heterocycles. The van der Waals surface area contributed by atoms with Crippen molar-refractivity contribution >= 4 is 11.6 Å². The predicted octanol–water partition coefficient (Wildman–Crippen LogP) is 4.96. The number of benzene rings is 2. The molecule has 0 unspecified atom stereocenters. The third kappa shape index (κ3) is 6.01. The van der Waals surface area contributed by atoms with Crippen molar-refractivity contribution in [1.82, 2.24) is 5.32 Å². The zero-order chi connectivity index (χ0) is 19.8. The highest BCUT2D eigenvalue weighted by Crippen LogP contribution is 2.24. The molecule has 4 heteroatoms. The number of rotatable bonds is 8. The Labute approximate surface area is 168 Å². The van der Waals surface area contributed by atoms with Crippen molar-refractivity contribution < 1.29 is 9.53 Å². The van der Waals surface area contributed by atoms with Gasteiger partial charge in [-0.3, -0.25) is 4.79 Å². The number of hydrogen-bond donors (Lipinski definition) is 1. The van der Waals surface area contributed by atoms with Crippen molar-refractivity contribution in [3.8, 4) is 5.75 Å². The highest BCUT2D eigenvalue weighted by molar-refractivity contribution is 5.76. The molecule has 0 bridgehead atoms. The number of carbonyl (C=O) groups excluding carboxylic acids is 1. The van der Waals surface area contributed by atoms with E-state index in [1.807, 2.05) is 37.3 Å². The zero-order valence-corrected chi connectivity index (χ0v) is 17.1. The van der Waals surface area contributed by atoms with Crippen molar-refractivity contribution in [3.63, 3.8) is 0 Å². The molecule has 1 N–H and O–H groups in total. The maximum atomic E-state index is 12.2. The van der Waals surface area contributed by atoms with Crippen molar-refractivity contribution in [2.24, 2.45) is 5.92 Å². The number of hydrogen-bond acceptors (Lipinski definition) is 3. The number of para-hydroxylation sites is 1. The van der Waals surface area contributed by atoms with Crippen LogP contribution < -0.4 is 15.0 Å². The summed E-state index contributed by atoms with van der Waals surface area (Å²) >= 11 is 0. The first-order valence-electron chi connectivity index (χ1n) is 10.4. The van der Waals surface area contributed by atoms with E-state index in [9.17, 15) is 4.79 Å². The summed E-state index contributed by atoms with van der Waals surface area (Å²) in [7, 11) is 0. The number of nitrogens with one attached hydrogen (secondary N) is 1. The standard InChI is InChI=1S/C24H32N2O2/c1-19-8-6-16-26(18-19)22-14-12-21(13-15-22)20(2)25-24(27)11-7-17-28-23-9-4-3-5-10-23/h3-5,9-10,12-15,19-20H,6-8,11,16-18H2,1-2H3,(H,25,27)/t19-,20+/m1/s1. The van der Waals surface area contributed by atoms with Gasteiger partial charge in [0.1, 0.15) is 5.75 Å². The third-order valence-electron chi connectivity index (χ3n) is 5.35. The van der Waals surface area contributed by atoms with Crippen LogP contribution in [0, 0.1) is 5.92 Å². The van der Waals surface area contributed by atoms with Crippen LogP contribution in [0.4, 0.5) is 5.69 Å². The van der Waals surface area contributed by atoms with Gasteiger partial charge in [-0.05, 0) is 61.9 Å². The molecule has 0 radical (unpaired) electrons. The predicted molar refractivity (Wildman–Crippen MR) is 115 cm³/mol. The average molecular weight is 381 g/mol. The van der Waals surface area contributed by atoms with Crippen molar-refractivity contribution in [2.45, 2.75) is 45.6 Å². The van der Waals surface area contributed by atoms with E-state index in [2.05, 4.69) is 41.4 Å². The SMILES string of the molecule is C[C@@H]1CCCN(c2ccc([C@H](C)NC(=O)CCCOc3ccccc3)cc2)C1. The number of nitrogens with zero attached hydrogens (tertiary/aromatic N) is 1. The van der Waals surface area contributed by atoms with Crippen LogP contribution >= 0.6 is 0 Å². The first-order chi connectivity index (χ1) is 13.6. The molecule has 0 aliphatic carbocycles. The number of carbonyl (C=O) groups is 1. The van der Waals surface area contributed by atoms with Crippen molar-refractivity contribution in [1.29, 1.82) is 0 Å². The Hall–Kier alpha value is -2.49. The first-order valence-corrected chi connectivity index (χ1v) is 10.4. The lowest BCUT2D eigenvalue weighted by Gasteiger charge is -2.33. The molecular formula is C24H32N2O2. The third-order valence-corrected chi connectivity index (χ3v) is 5.35. The molecule has 0 aromatic heterocycles. The van der Waals surface area contributed by atoms with Gasteiger partial charge in [-0.15, -0.1) is 0 Å². The minimum absolute atomic E-state index is 0.0110. The summed E-state index contributed by atoms with van der Waals surface area (Å²) in [5.74, 6) is 1.68. The van der Waals surface area contributed by atoms with Crippen LogP contribution in [0.25, 0.3) is 0 Å². The molecule has 1 heterocycles. The van der Waals surface area contributed by atoms with Gasteiger partial charge in [0.05, 0.1) is 12.6 Å². The van der Waals surface area contributed by atoms with Gasteiger partial charge in [-0.25, -0.2) is 0 Å². The Morgan fingerprint density at radius 2 is 1.93 bits per heavy atom. The molecule has 1 fully saturated rings. The highest BCUT2D eigenvalue weighted by Gasteiger charge is 2.17. The normalized spacial score (nSPS) is 17.8. The minimum Gasteiger partial charge on any atom is -0.494 e. The van der Waals surface area contributed by atoms with E-state index >= 15 is 0 Å². The Balaban J connectivity index is 1.41. The quantitative estimate of drug-likeness (QED) is 0.658. The topological polar surface area (TPSA) is 41.6 Å². The Kier molecular flexibility index (Phi) is 7.35. The van der Waals surface area contributed by atoms with Crippen LogP contribution in [0.2, 0.25) is 0 Å². The molecule has 2 aromatic rings. The summed E-state index contributed by atoms with van der Waals surface area (Å²) in [5, 5.41) is 3.09. The fraction of sp³-hybridized carbons (Fsp3) is 0.458. The lowest BCUT2D eigenvalue weighted by atomic mass is 9.99. The molecule has 1 aliphatic rings. The van der Waals surface area contributed by atoms with Crippen LogP contribution in [0.15, 0.2) is 54.6 Å². The van der Waals surface area contributed by atoms with Gasteiger partial charge >= 0.3 is 0 Å². The molecule has 0 saturated carbocycles. The number of anilines is 1. The smallest absolute Gasteiger partial charge is 0.220 e. The maximum absolute atomic E-state index is 12.2. The van der Waals surface area contributed by atoms with Crippen molar-refractivity contribution in [2.75, 3.05) is 24.6 Å². The summed E-state index contributed by atoms with van der Waals surface area (Å²) < 4.78 is 5.64. The molecular weight excluding hydrogens is 348 g/mol. The average Bonchev–Trinajstić information content (AvgIpc) is 2.72. The number of piperidine rings is 1. The van der Waals surface area contributed by atoms with E-state index in [0.29, 0.717) is 19.4 Å². The van der Waals surface area contributed by atoms with Crippen LogP contribution in [0.5, 0.6) is 5.75 Å². The van der Waals surface area contributed by atoms with Gasteiger partial charge in [-0.1, -0.05) is 37.3 Å². The Morgan fingerprint density at radius 3 is 2.64 bits per heavy atom. The summed E-state index contributed by atoms with van der Waals surface area (Å²) in [6.07, 6.45) is 3.78. The Bertz CT molecular complexity index is 730. The summed E-state index contributed by atoms with van der Waals surface area (Å²) in [5.41, 5.74) is 2.43. The molecule has 0 spiro atoms. The second-order valence-corrected chi connectivity index (χ2v) is 7.84. The lowest BCUT2D eigenvalue weighted by Crippen LogP contribution is -2.34. The largest absolute Gasteiger partial charge is 0.494 e. The van der Waals surface area contributed by atoms with Crippen LogP contribution in [0.1, 0.15) is 51.1 Å². The molecule has 4 nitrogen and oxygen atoms in total. The van der Waals surface area contributed by atoms with Crippen molar-refractivity contribution in [3.05, 3.63) is 60.2 Å². The summed E-state index contributed by atoms with van der Waals surface area (Å²) in [6, 6.07) is 18.4. The second-order valence-electron chi connectivity index (χ2n) is 7.84. The van der Waals surface area contributed by atoms with Gasteiger partial charge < -0.3 is 15.0 Å². The van der Waals surface area contributed by atoms with E-state index in [0.717, 1.165) is 30.3 Å². The van der Waals surface area contributed by atoms with E-state index in [1.165, 1.54) is 18.5 Å². The van der Waals surface area contributed by atoms with Crippen LogP contribution in [0.3, 0.4) is 0 Å². The fourth-order valence-corrected chi connectivity index (χ4v) is 3.73. The summed E-state index contributed by atoms with van der Waals surface area (Å²) in [4.78, 5) is 14.7. The van der Waals surface area contributed by atoms with Gasteiger partial charge in [0.15, 0.2) is 0 Å². The fourth-order valence-electron chi connectivity index (χ4n) is 3.73. The highest BCUT2D eigenvalue weighted by atomic mass is 16.5. The second kappa shape index (κ2) is 10.2. The zero-order valence-electron chi connectivity index (χ0n) is 17.1. The van der Waals surface area contributed by atoms with E-state index in [-0.39, 0.29) is 11.9 Å². The maximum Gasteiger partial charge on any atom is 0.220 e. The van der Waals surface area contributed by atoms with Gasteiger partial charge in [0, 0.05) is 25.2 Å².